The Bertz CT molecular complexity index is 1110. The van der Waals surface area contributed by atoms with Gasteiger partial charge in [-0.2, -0.15) is 0 Å². The lowest BCUT2D eigenvalue weighted by Crippen LogP contribution is -2.32. The van der Waals surface area contributed by atoms with Crippen LogP contribution in [-0.2, 0) is 9.59 Å². The molecule has 2 unspecified atom stereocenters. The van der Waals surface area contributed by atoms with Crippen molar-refractivity contribution in [1.82, 2.24) is 15.2 Å². The van der Waals surface area contributed by atoms with Crippen LogP contribution in [0.25, 0.3) is 10.9 Å². The van der Waals surface area contributed by atoms with Crippen molar-refractivity contribution in [3.63, 3.8) is 0 Å². The van der Waals surface area contributed by atoms with Crippen LogP contribution in [0, 0.1) is 5.92 Å². The average molecular weight is 418 g/mol. The van der Waals surface area contributed by atoms with Gasteiger partial charge in [0, 0.05) is 42.0 Å². The second kappa shape index (κ2) is 8.15. The zero-order valence-corrected chi connectivity index (χ0v) is 17.5. The van der Waals surface area contributed by atoms with E-state index in [1.165, 1.54) is 19.3 Å². The zero-order valence-electron chi connectivity index (χ0n) is 17.5. The second-order valence-corrected chi connectivity index (χ2v) is 8.55. The molecular weight excluding hydrogens is 390 g/mol. The minimum absolute atomic E-state index is 0.0147. The fourth-order valence-electron chi connectivity index (χ4n) is 4.87. The molecule has 7 nitrogen and oxygen atoms in total. The molecule has 31 heavy (non-hydrogen) atoms. The van der Waals surface area contributed by atoms with Crippen molar-refractivity contribution in [2.24, 2.45) is 10.9 Å². The number of amidine groups is 1. The van der Waals surface area contributed by atoms with Crippen molar-refractivity contribution in [2.45, 2.75) is 31.6 Å². The third-order valence-electron chi connectivity index (χ3n) is 6.50. The lowest BCUT2D eigenvalue weighted by molar-refractivity contribution is -0.120. The van der Waals surface area contributed by atoms with E-state index in [1.54, 1.807) is 6.20 Å². The molecular formula is C24H27N5O2. The molecule has 5 rings (SSSR count). The van der Waals surface area contributed by atoms with Crippen LogP contribution in [0.1, 0.15) is 37.2 Å². The molecule has 0 aliphatic carbocycles. The second-order valence-electron chi connectivity index (χ2n) is 8.55. The number of carbonyl (C=O) groups is 2. The number of allylic oxidation sites excluding steroid dienone is 1. The molecule has 2 amide bonds. The van der Waals surface area contributed by atoms with Gasteiger partial charge in [-0.25, -0.2) is 4.99 Å². The number of aliphatic imine (C=N–C) groups is 1. The molecule has 160 valence electrons. The van der Waals surface area contributed by atoms with Crippen LogP contribution < -0.4 is 10.6 Å². The number of piperidine rings is 1. The number of fused-ring (bicyclic) bond motifs is 2. The van der Waals surface area contributed by atoms with Crippen LogP contribution in [0.15, 0.2) is 53.8 Å². The van der Waals surface area contributed by atoms with Gasteiger partial charge in [0.05, 0.1) is 11.8 Å². The van der Waals surface area contributed by atoms with Crippen molar-refractivity contribution in [3.8, 4) is 0 Å². The van der Waals surface area contributed by atoms with E-state index in [9.17, 15) is 9.59 Å². The first-order chi connectivity index (χ1) is 15.1. The SMILES string of the molecule is C=C1C=CN=C2NC(=O)C(c3c[nH]c4ccc(NC(=O)CCN5CCCCC5)cc34)C12. The van der Waals surface area contributed by atoms with Crippen molar-refractivity contribution >= 4 is 34.2 Å². The number of likely N-dealkylation sites (tertiary alicyclic amines) is 1. The molecule has 7 heteroatoms. The smallest absolute Gasteiger partial charge is 0.234 e. The van der Waals surface area contributed by atoms with Gasteiger partial charge in [0.15, 0.2) is 0 Å². The first-order valence-corrected chi connectivity index (χ1v) is 11.0. The van der Waals surface area contributed by atoms with Crippen LogP contribution in [0.5, 0.6) is 0 Å². The van der Waals surface area contributed by atoms with Crippen molar-refractivity contribution in [1.29, 1.82) is 0 Å². The summed E-state index contributed by atoms with van der Waals surface area (Å²) in [4.78, 5) is 35.2. The predicted octanol–water partition coefficient (Wildman–Crippen LogP) is 3.29. The molecule has 0 saturated carbocycles. The van der Waals surface area contributed by atoms with Crippen LogP contribution >= 0.6 is 0 Å². The van der Waals surface area contributed by atoms with Gasteiger partial charge in [0.25, 0.3) is 0 Å². The number of amides is 2. The molecule has 3 aliphatic heterocycles. The van der Waals surface area contributed by atoms with E-state index in [-0.39, 0.29) is 17.7 Å². The van der Waals surface area contributed by atoms with Crippen LogP contribution in [0.3, 0.4) is 0 Å². The van der Waals surface area contributed by atoms with Crippen molar-refractivity contribution in [2.75, 3.05) is 25.0 Å². The maximum Gasteiger partial charge on any atom is 0.234 e. The molecule has 2 atom stereocenters. The summed E-state index contributed by atoms with van der Waals surface area (Å²) < 4.78 is 0. The number of hydrogen-bond acceptors (Lipinski definition) is 4. The lowest BCUT2D eigenvalue weighted by atomic mass is 9.82. The lowest BCUT2D eigenvalue weighted by Gasteiger charge is -2.25. The molecule has 3 aliphatic rings. The highest BCUT2D eigenvalue weighted by Crippen LogP contribution is 2.40. The molecule has 2 aromatic rings. The van der Waals surface area contributed by atoms with Crippen LogP contribution in [-0.4, -0.2) is 47.2 Å². The molecule has 4 heterocycles. The summed E-state index contributed by atoms with van der Waals surface area (Å²) >= 11 is 0. The zero-order chi connectivity index (χ0) is 21.4. The van der Waals surface area contributed by atoms with Gasteiger partial charge in [-0.15, -0.1) is 0 Å². The average Bonchev–Trinajstić information content (AvgIpc) is 3.33. The summed E-state index contributed by atoms with van der Waals surface area (Å²) in [5, 5.41) is 6.85. The number of aromatic nitrogens is 1. The highest BCUT2D eigenvalue weighted by Gasteiger charge is 2.43. The normalized spacial score (nSPS) is 23.5. The Morgan fingerprint density at radius 2 is 2.06 bits per heavy atom. The van der Waals surface area contributed by atoms with E-state index in [4.69, 9.17) is 0 Å². The highest BCUT2D eigenvalue weighted by atomic mass is 16.2. The Labute approximate surface area is 181 Å². The van der Waals surface area contributed by atoms with Gasteiger partial charge in [-0.05, 0) is 61.3 Å². The summed E-state index contributed by atoms with van der Waals surface area (Å²) in [6.45, 7) is 7.08. The van der Waals surface area contributed by atoms with E-state index < -0.39 is 5.92 Å². The monoisotopic (exact) mass is 417 g/mol. The van der Waals surface area contributed by atoms with Gasteiger partial charge in [0.1, 0.15) is 5.84 Å². The molecule has 2 fully saturated rings. The fourth-order valence-corrected chi connectivity index (χ4v) is 4.87. The first-order valence-electron chi connectivity index (χ1n) is 11.0. The number of benzene rings is 1. The van der Waals surface area contributed by atoms with E-state index in [0.29, 0.717) is 12.3 Å². The standard InChI is InChI=1S/C24H27N5O2/c1-15-7-9-25-23-21(15)22(24(31)28-23)18-14-26-19-6-5-16(13-17(18)19)27-20(30)8-12-29-10-3-2-4-11-29/h5-7,9,13-14,21-22,26H,1-4,8,10-12H2,(H,27,30)(H,25,28,31). The fraction of sp³-hybridized carbons (Fsp3) is 0.375. The molecule has 2 saturated heterocycles. The predicted molar refractivity (Wildman–Crippen MR) is 122 cm³/mol. The molecule has 3 N–H and O–H groups in total. The number of hydrogen-bond donors (Lipinski definition) is 3. The highest BCUT2D eigenvalue weighted by molar-refractivity contribution is 6.13. The van der Waals surface area contributed by atoms with Crippen LogP contribution in [0.2, 0.25) is 0 Å². The third-order valence-corrected chi connectivity index (χ3v) is 6.50. The quantitative estimate of drug-likeness (QED) is 0.697. The Morgan fingerprint density at radius 3 is 2.90 bits per heavy atom. The number of aromatic amines is 1. The van der Waals surface area contributed by atoms with E-state index >= 15 is 0 Å². The topological polar surface area (TPSA) is 89.6 Å². The van der Waals surface area contributed by atoms with Gasteiger partial charge >= 0.3 is 0 Å². The van der Waals surface area contributed by atoms with Gasteiger partial charge < -0.3 is 20.5 Å². The minimum atomic E-state index is -0.394. The van der Waals surface area contributed by atoms with E-state index in [0.717, 1.165) is 47.4 Å². The number of carbonyl (C=O) groups excluding carboxylic acids is 2. The largest absolute Gasteiger partial charge is 0.361 e. The Morgan fingerprint density at radius 1 is 1.23 bits per heavy atom. The summed E-state index contributed by atoms with van der Waals surface area (Å²) in [6, 6.07) is 5.78. The van der Waals surface area contributed by atoms with Gasteiger partial charge in [0.2, 0.25) is 11.8 Å². The van der Waals surface area contributed by atoms with E-state index in [1.807, 2.05) is 30.5 Å². The summed E-state index contributed by atoms with van der Waals surface area (Å²) in [5.74, 6) is 0.0135. The molecule has 1 aromatic heterocycles. The maximum absolute atomic E-state index is 12.8. The Hall–Kier alpha value is -3.19. The number of H-pyrrole nitrogens is 1. The number of nitrogens with zero attached hydrogens (tertiary/aromatic N) is 2. The van der Waals surface area contributed by atoms with Gasteiger partial charge in [-0.3, -0.25) is 9.59 Å². The number of rotatable bonds is 5. The maximum atomic E-state index is 12.8. The van der Waals surface area contributed by atoms with Crippen molar-refractivity contribution < 1.29 is 9.59 Å². The summed E-state index contributed by atoms with van der Waals surface area (Å²) in [7, 11) is 0. The first kappa shape index (κ1) is 19.8. The summed E-state index contributed by atoms with van der Waals surface area (Å²) in [6.07, 6.45) is 9.62. The molecule has 0 bridgehead atoms. The Kier molecular flexibility index (Phi) is 5.19. The summed E-state index contributed by atoms with van der Waals surface area (Å²) in [5.41, 5.74) is 3.43. The van der Waals surface area contributed by atoms with E-state index in [2.05, 4.69) is 32.1 Å². The number of nitrogens with one attached hydrogen (secondary N) is 3. The molecule has 0 spiro atoms. The van der Waals surface area contributed by atoms with Gasteiger partial charge in [-0.1, -0.05) is 13.0 Å². The minimum Gasteiger partial charge on any atom is -0.361 e. The third kappa shape index (κ3) is 3.81. The Balaban J connectivity index is 1.34. The molecule has 0 radical (unpaired) electrons. The van der Waals surface area contributed by atoms with Crippen molar-refractivity contribution in [3.05, 3.63) is 54.4 Å². The molecule has 1 aromatic carbocycles. The number of anilines is 1. The van der Waals surface area contributed by atoms with Crippen LogP contribution in [0.4, 0.5) is 5.69 Å².